The van der Waals surface area contributed by atoms with Gasteiger partial charge in [-0.25, -0.2) is 0 Å². The molecule has 0 N–H and O–H groups in total. The van der Waals surface area contributed by atoms with Crippen LogP contribution in [0.25, 0.3) is 10.9 Å². The van der Waals surface area contributed by atoms with Crippen molar-refractivity contribution in [3.8, 4) is 0 Å². The van der Waals surface area contributed by atoms with E-state index in [-0.39, 0.29) is 5.91 Å². The molecule has 1 aromatic carbocycles. The fraction of sp³-hybridized carbons (Fsp3) is 0.222. The number of para-hydroxylation sites is 1. The van der Waals surface area contributed by atoms with Crippen LogP contribution in [0.4, 0.5) is 0 Å². The third-order valence-electron chi connectivity index (χ3n) is 4.26. The molecule has 0 aliphatic carbocycles. The minimum Gasteiger partial charge on any atom is -0.347 e. The first-order valence-electron chi connectivity index (χ1n) is 7.60. The highest BCUT2D eigenvalue weighted by molar-refractivity contribution is 5.97. The topological polar surface area (TPSA) is 38.1 Å². The molecule has 0 bridgehead atoms. The van der Waals surface area contributed by atoms with Gasteiger partial charge in [0.1, 0.15) is 0 Å². The molecule has 3 heterocycles. The summed E-state index contributed by atoms with van der Waals surface area (Å²) in [6.45, 7) is 2.32. The maximum absolute atomic E-state index is 12.3. The van der Waals surface area contributed by atoms with E-state index < -0.39 is 0 Å². The van der Waals surface area contributed by atoms with Crippen LogP contribution in [0.2, 0.25) is 0 Å². The molecule has 3 aromatic rings. The zero-order valence-electron chi connectivity index (χ0n) is 12.3. The van der Waals surface area contributed by atoms with Gasteiger partial charge in [-0.3, -0.25) is 9.78 Å². The van der Waals surface area contributed by atoms with Crippen molar-refractivity contribution in [1.82, 2.24) is 14.5 Å². The Bertz CT molecular complexity index is 837. The normalized spacial score (nSPS) is 13.8. The first-order chi connectivity index (χ1) is 10.8. The summed E-state index contributed by atoms with van der Waals surface area (Å²) in [5.74, 6) is 0.112. The minimum absolute atomic E-state index is 0.112. The molecule has 110 valence electrons. The molecule has 1 aliphatic rings. The van der Waals surface area contributed by atoms with Gasteiger partial charge in [0, 0.05) is 31.0 Å². The van der Waals surface area contributed by atoms with Crippen LogP contribution in [0.15, 0.2) is 54.9 Å². The largest absolute Gasteiger partial charge is 0.347 e. The molecule has 0 fully saturated rings. The summed E-state index contributed by atoms with van der Waals surface area (Å²) in [6.07, 6.45) is 4.81. The second kappa shape index (κ2) is 5.30. The van der Waals surface area contributed by atoms with E-state index in [0.717, 1.165) is 30.8 Å². The number of carbonyl (C=O) groups is 1. The van der Waals surface area contributed by atoms with Crippen LogP contribution in [0, 0.1) is 0 Å². The molecule has 0 unspecified atom stereocenters. The van der Waals surface area contributed by atoms with E-state index in [2.05, 4.69) is 46.1 Å². The first-order valence-corrected chi connectivity index (χ1v) is 7.60. The van der Waals surface area contributed by atoms with Crippen molar-refractivity contribution < 1.29 is 4.79 Å². The lowest BCUT2D eigenvalue weighted by Gasteiger charge is -2.15. The lowest BCUT2D eigenvalue weighted by Crippen LogP contribution is -2.25. The van der Waals surface area contributed by atoms with E-state index in [1.54, 1.807) is 6.20 Å². The number of fused-ring (bicyclic) bond motifs is 2. The number of amides is 1. The van der Waals surface area contributed by atoms with Crippen LogP contribution in [-0.4, -0.2) is 26.9 Å². The summed E-state index contributed by atoms with van der Waals surface area (Å²) in [4.78, 5) is 18.5. The third kappa shape index (κ3) is 2.17. The van der Waals surface area contributed by atoms with E-state index in [0.29, 0.717) is 6.54 Å². The number of benzene rings is 1. The Kier molecular flexibility index (Phi) is 3.15. The number of hydrogen-bond acceptors (Lipinski definition) is 2. The standard InChI is InChI=1S/C18H17N3O/c22-18-15-6-3-9-19-16(15)13-21(18)11-4-10-20-12-8-14-5-1-2-7-17(14)20/h1-3,5-9,12H,4,10-11,13H2. The predicted molar refractivity (Wildman–Crippen MR) is 85.5 cm³/mol. The van der Waals surface area contributed by atoms with Gasteiger partial charge >= 0.3 is 0 Å². The number of aryl methyl sites for hydroxylation is 1. The number of rotatable bonds is 4. The van der Waals surface area contributed by atoms with Crippen LogP contribution >= 0.6 is 0 Å². The molecule has 0 radical (unpaired) electrons. The molecule has 2 aromatic heterocycles. The van der Waals surface area contributed by atoms with Crippen LogP contribution in [-0.2, 0) is 13.1 Å². The second-order valence-corrected chi connectivity index (χ2v) is 5.65. The summed E-state index contributed by atoms with van der Waals surface area (Å²) in [7, 11) is 0. The predicted octanol–water partition coefficient (Wildman–Crippen LogP) is 3.08. The van der Waals surface area contributed by atoms with Crippen molar-refractivity contribution >= 4 is 16.8 Å². The van der Waals surface area contributed by atoms with Crippen molar-refractivity contribution in [3.05, 3.63) is 66.1 Å². The van der Waals surface area contributed by atoms with Gasteiger partial charge in [0.05, 0.1) is 17.8 Å². The Hall–Kier alpha value is -2.62. The van der Waals surface area contributed by atoms with Gasteiger partial charge in [-0.1, -0.05) is 18.2 Å². The maximum atomic E-state index is 12.3. The van der Waals surface area contributed by atoms with E-state index >= 15 is 0 Å². The van der Waals surface area contributed by atoms with Gasteiger partial charge in [0.15, 0.2) is 0 Å². The number of aromatic nitrogens is 2. The van der Waals surface area contributed by atoms with Crippen LogP contribution < -0.4 is 0 Å². The summed E-state index contributed by atoms with van der Waals surface area (Å²) in [5, 5.41) is 1.26. The molecule has 0 saturated carbocycles. The van der Waals surface area contributed by atoms with Crippen molar-refractivity contribution in [2.75, 3.05) is 6.54 Å². The van der Waals surface area contributed by atoms with Gasteiger partial charge in [0.2, 0.25) is 0 Å². The van der Waals surface area contributed by atoms with E-state index in [1.807, 2.05) is 17.0 Å². The van der Waals surface area contributed by atoms with Crippen LogP contribution in [0.5, 0.6) is 0 Å². The summed E-state index contributed by atoms with van der Waals surface area (Å²) in [5.41, 5.74) is 2.91. The van der Waals surface area contributed by atoms with Crippen molar-refractivity contribution in [2.45, 2.75) is 19.5 Å². The molecule has 0 saturated heterocycles. The average molecular weight is 291 g/mol. The Labute approximate surface area is 129 Å². The lowest BCUT2D eigenvalue weighted by atomic mass is 10.2. The fourth-order valence-electron chi connectivity index (χ4n) is 3.13. The Balaban J connectivity index is 1.41. The molecule has 0 atom stereocenters. The smallest absolute Gasteiger partial charge is 0.256 e. The van der Waals surface area contributed by atoms with Gasteiger partial charge < -0.3 is 9.47 Å². The first kappa shape index (κ1) is 13.1. The van der Waals surface area contributed by atoms with E-state index in [4.69, 9.17) is 0 Å². The molecule has 1 aliphatic heterocycles. The fourth-order valence-corrected chi connectivity index (χ4v) is 3.13. The quantitative estimate of drug-likeness (QED) is 0.741. The monoisotopic (exact) mass is 291 g/mol. The van der Waals surface area contributed by atoms with Crippen molar-refractivity contribution in [1.29, 1.82) is 0 Å². The van der Waals surface area contributed by atoms with Crippen LogP contribution in [0.3, 0.4) is 0 Å². The molecule has 4 heteroatoms. The Morgan fingerprint density at radius 3 is 2.86 bits per heavy atom. The summed E-state index contributed by atoms with van der Waals surface area (Å²) >= 11 is 0. The Morgan fingerprint density at radius 2 is 1.95 bits per heavy atom. The minimum atomic E-state index is 0.112. The second-order valence-electron chi connectivity index (χ2n) is 5.65. The molecule has 4 nitrogen and oxygen atoms in total. The zero-order chi connectivity index (χ0) is 14.9. The molecule has 22 heavy (non-hydrogen) atoms. The molecule has 0 spiro atoms. The van der Waals surface area contributed by atoms with E-state index in [9.17, 15) is 4.79 Å². The maximum Gasteiger partial charge on any atom is 0.256 e. The van der Waals surface area contributed by atoms with Gasteiger partial charge in [-0.05, 0) is 36.1 Å². The molecular formula is C18H17N3O. The molecule has 4 rings (SSSR count). The molecule has 1 amide bonds. The highest BCUT2D eigenvalue weighted by Crippen LogP contribution is 2.21. The Morgan fingerprint density at radius 1 is 1.05 bits per heavy atom. The number of nitrogens with zero attached hydrogens (tertiary/aromatic N) is 3. The molecular weight excluding hydrogens is 274 g/mol. The zero-order valence-corrected chi connectivity index (χ0v) is 12.3. The average Bonchev–Trinajstić information content (AvgIpc) is 3.10. The summed E-state index contributed by atoms with van der Waals surface area (Å²) < 4.78 is 2.25. The number of carbonyl (C=O) groups excluding carboxylic acids is 1. The van der Waals surface area contributed by atoms with Gasteiger partial charge in [-0.2, -0.15) is 0 Å². The van der Waals surface area contributed by atoms with Crippen molar-refractivity contribution in [2.24, 2.45) is 0 Å². The highest BCUT2D eigenvalue weighted by atomic mass is 16.2. The summed E-state index contributed by atoms with van der Waals surface area (Å²) in [6, 6.07) is 14.2. The number of pyridine rings is 1. The SMILES string of the molecule is O=C1c2cccnc2CN1CCCn1ccc2ccccc21. The van der Waals surface area contributed by atoms with Crippen LogP contribution in [0.1, 0.15) is 22.5 Å². The number of hydrogen-bond donors (Lipinski definition) is 0. The van der Waals surface area contributed by atoms with Gasteiger partial charge in [-0.15, -0.1) is 0 Å². The third-order valence-corrected chi connectivity index (χ3v) is 4.26. The van der Waals surface area contributed by atoms with Crippen molar-refractivity contribution in [3.63, 3.8) is 0 Å². The lowest BCUT2D eigenvalue weighted by molar-refractivity contribution is 0.0774. The highest BCUT2D eigenvalue weighted by Gasteiger charge is 2.27. The van der Waals surface area contributed by atoms with Gasteiger partial charge in [0.25, 0.3) is 5.91 Å². The van der Waals surface area contributed by atoms with E-state index in [1.165, 1.54) is 10.9 Å².